The van der Waals surface area contributed by atoms with Crippen LogP contribution in [0.5, 0.6) is 0 Å². The first-order chi connectivity index (χ1) is 12.1. The SMILES string of the molecule is Cc1ccc(F)cc1C(=O)N1CCCC(c2nc3ccccc3o2)C1. The minimum absolute atomic E-state index is 0.0685. The van der Waals surface area contributed by atoms with Crippen molar-refractivity contribution >= 4 is 17.0 Å². The summed E-state index contributed by atoms with van der Waals surface area (Å²) in [6.07, 6.45) is 1.81. The van der Waals surface area contributed by atoms with Gasteiger partial charge in [0, 0.05) is 18.7 Å². The number of para-hydroxylation sites is 2. The van der Waals surface area contributed by atoms with E-state index in [0.717, 1.165) is 29.5 Å². The van der Waals surface area contributed by atoms with Crippen molar-refractivity contribution in [2.24, 2.45) is 0 Å². The molecule has 0 aliphatic carbocycles. The molecule has 1 fully saturated rings. The van der Waals surface area contributed by atoms with Crippen LogP contribution in [0.3, 0.4) is 0 Å². The summed E-state index contributed by atoms with van der Waals surface area (Å²) in [4.78, 5) is 19.2. The zero-order valence-electron chi connectivity index (χ0n) is 14.0. The summed E-state index contributed by atoms with van der Waals surface area (Å²) in [6.45, 7) is 3.04. The molecular weight excluding hydrogens is 319 g/mol. The van der Waals surface area contributed by atoms with Crippen molar-refractivity contribution in [2.75, 3.05) is 13.1 Å². The monoisotopic (exact) mass is 338 g/mol. The number of oxazole rings is 1. The quantitative estimate of drug-likeness (QED) is 0.700. The molecule has 1 aliphatic rings. The predicted octanol–water partition coefficient (Wildman–Crippen LogP) is 4.30. The number of rotatable bonds is 2. The predicted molar refractivity (Wildman–Crippen MR) is 93.0 cm³/mol. The van der Waals surface area contributed by atoms with Crippen molar-refractivity contribution in [3.63, 3.8) is 0 Å². The van der Waals surface area contributed by atoms with E-state index >= 15 is 0 Å². The van der Waals surface area contributed by atoms with Gasteiger partial charge in [-0.05, 0) is 49.6 Å². The Hall–Kier alpha value is -2.69. The molecule has 4 nitrogen and oxygen atoms in total. The molecule has 1 saturated heterocycles. The number of hydrogen-bond donors (Lipinski definition) is 0. The topological polar surface area (TPSA) is 46.3 Å². The number of carbonyl (C=O) groups excluding carboxylic acids is 1. The first-order valence-corrected chi connectivity index (χ1v) is 8.53. The second kappa shape index (κ2) is 6.31. The number of aromatic nitrogens is 1. The summed E-state index contributed by atoms with van der Waals surface area (Å²) in [5.41, 5.74) is 2.82. The third-order valence-electron chi connectivity index (χ3n) is 4.80. The van der Waals surface area contributed by atoms with Crippen LogP contribution in [-0.2, 0) is 0 Å². The molecule has 0 radical (unpaired) electrons. The van der Waals surface area contributed by atoms with Crippen LogP contribution in [0.4, 0.5) is 4.39 Å². The number of benzene rings is 2. The smallest absolute Gasteiger partial charge is 0.254 e. The number of likely N-dealkylation sites (tertiary alicyclic amines) is 1. The Kier molecular flexibility index (Phi) is 3.99. The highest BCUT2D eigenvalue weighted by Gasteiger charge is 2.29. The van der Waals surface area contributed by atoms with Crippen molar-refractivity contribution in [3.05, 3.63) is 65.3 Å². The van der Waals surface area contributed by atoms with Crippen LogP contribution in [0.15, 0.2) is 46.9 Å². The Bertz CT molecular complexity index is 901. The molecule has 1 aromatic heterocycles. The average molecular weight is 338 g/mol. The zero-order chi connectivity index (χ0) is 17.4. The highest BCUT2D eigenvalue weighted by Crippen LogP contribution is 2.30. The van der Waals surface area contributed by atoms with Gasteiger partial charge < -0.3 is 9.32 Å². The van der Waals surface area contributed by atoms with Gasteiger partial charge in [-0.15, -0.1) is 0 Å². The molecular formula is C20H19FN2O2. The van der Waals surface area contributed by atoms with Crippen LogP contribution < -0.4 is 0 Å². The Morgan fingerprint density at radius 1 is 1.28 bits per heavy atom. The zero-order valence-corrected chi connectivity index (χ0v) is 14.0. The van der Waals surface area contributed by atoms with Crippen LogP contribution in [-0.4, -0.2) is 28.9 Å². The van der Waals surface area contributed by atoms with Crippen molar-refractivity contribution in [1.82, 2.24) is 9.88 Å². The van der Waals surface area contributed by atoms with Gasteiger partial charge in [-0.25, -0.2) is 9.37 Å². The minimum atomic E-state index is -0.388. The lowest BCUT2D eigenvalue weighted by atomic mass is 9.96. The van der Waals surface area contributed by atoms with Gasteiger partial charge in [-0.2, -0.15) is 0 Å². The van der Waals surface area contributed by atoms with E-state index in [4.69, 9.17) is 4.42 Å². The summed E-state index contributed by atoms with van der Waals surface area (Å²) in [5.74, 6) is 0.230. The van der Waals surface area contributed by atoms with Crippen LogP contribution >= 0.6 is 0 Å². The molecule has 0 saturated carbocycles. The van der Waals surface area contributed by atoms with Gasteiger partial charge in [0.15, 0.2) is 11.5 Å². The van der Waals surface area contributed by atoms with E-state index in [0.29, 0.717) is 24.5 Å². The third-order valence-corrected chi connectivity index (χ3v) is 4.80. The molecule has 0 spiro atoms. The summed E-state index contributed by atoms with van der Waals surface area (Å²) >= 11 is 0. The summed E-state index contributed by atoms with van der Waals surface area (Å²) in [5, 5.41) is 0. The Labute approximate surface area is 145 Å². The maximum absolute atomic E-state index is 13.5. The van der Waals surface area contributed by atoms with Crippen molar-refractivity contribution in [2.45, 2.75) is 25.7 Å². The van der Waals surface area contributed by atoms with Crippen molar-refractivity contribution in [1.29, 1.82) is 0 Å². The van der Waals surface area contributed by atoms with Gasteiger partial charge in [-0.1, -0.05) is 18.2 Å². The molecule has 128 valence electrons. The van der Waals surface area contributed by atoms with Gasteiger partial charge in [-0.3, -0.25) is 4.79 Å². The molecule has 25 heavy (non-hydrogen) atoms. The van der Waals surface area contributed by atoms with Crippen molar-refractivity contribution in [3.8, 4) is 0 Å². The molecule has 2 heterocycles. The maximum Gasteiger partial charge on any atom is 0.254 e. The fourth-order valence-electron chi connectivity index (χ4n) is 3.42. The molecule has 1 amide bonds. The fraction of sp³-hybridized carbons (Fsp3) is 0.300. The molecule has 2 aromatic carbocycles. The van der Waals surface area contributed by atoms with E-state index in [-0.39, 0.29) is 17.6 Å². The Morgan fingerprint density at radius 2 is 2.12 bits per heavy atom. The number of carbonyl (C=O) groups is 1. The number of nitrogens with zero attached hydrogens (tertiary/aromatic N) is 2. The largest absolute Gasteiger partial charge is 0.440 e. The molecule has 1 unspecified atom stereocenters. The summed E-state index contributed by atoms with van der Waals surface area (Å²) < 4.78 is 19.4. The molecule has 1 atom stereocenters. The Morgan fingerprint density at radius 3 is 2.96 bits per heavy atom. The Balaban J connectivity index is 1.58. The second-order valence-corrected chi connectivity index (χ2v) is 6.57. The lowest BCUT2D eigenvalue weighted by Gasteiger charge is -2.31. The third kappa shape index (κ3) is 3.02. The second-order valence-electron chi connectivity index (χ2n) is 6.57. The normalized spacial score (nSPS) is 17.8. The van der Waals surface area contributed by atoms with E-state index < -0.39 is 0 Å². The number of aryl methyl sites for hydroxylation is 1. The van der Waals surface area contributed by atoms with E-state index in [1.165, 1.54) is 12.1 Å². The molecule has 5 heteroatoms. The first-order valence-electron chi connectivity index (χ1n) is 8.53. The molecule has 4 rings (SSSR count). The number of hydrogen-bond acceptors (Lipinski definition) is 3. The van der Waals surface area contributed by atoms with E-state index in [1.807, 2.05) is 31.2 Å². The number of piperidine rings is 1. The maximum atomic E-state index is 13.5. The lowest BCUT2D eigenvalue weighted by molar-refractivity contribution is 0.0697. The summed E-state index contributed by atoms with van der Waals surface area (Å²) in [7, 11) is 0. The van der Waals surface area contributed by atoms with Crippen LogP contribution in [0.2, 0.25) is 0 Å². The first kappa shape index (κ1) is 15.8. The highest BCUT2D eigenvalue weighted by molar-refractivity contribution is 5.95. The average Bonchev–Trinajstić information content (AvgIpc) is 3.07. The van der Waals surface area contributed by atoms with Crippen LogP contribution in [0, 0.1) is 12.7 Å². The minimum Gasteiger partial charge on any atom is -0.440 e. The molecule has 0 N–H and O–H groups in total. The fourth-order valence-corrected chi connectivity index (χ4v) is 3.42. The van der Waals surface area contributed by atoms with Crippen LogP contribution in [0.1, 0.15) is 40.6 Å². The van der Waals surface area contributed by atoms with Gasteiger partial charge in [0.2, 0.25) is 0 Å². The molecule has 3 aromatic rings. The summed E-state index contributed by atoms with van der Waals surface area (Å²) in [6, 6.07) is 12.0. The van der Waals surface area contributed by atoms with Crippen LogP contribution in [0.25, 0.3) is 11.1 Å². The standard InChI is InChI=1S/C20H19FN2O2/c1-13-8-9-15(21)11-16(13)20(24)23-10-4-5-14(12-23)19-22-17-6-2-3-7-18(17)25-19/h2-3,6-9,11,14H,4-5,10,12H2,1H3. The molecule has 0 bridgehead atoms. The van der Waals surface area contributed by atoms with Gasteiger partial charge in [0.1, 0.15) is 11.3 Å². The number of amides is 1. The molecule has 1 aliphatic heterocycles. The van der Waals surface area contributed by atoms with E-state index in [9.17, 15) is 9.18 Å². The number of fused-ring (bicyclic) bond motifs is 1. The highest BCUT2D eigenvalue weighted by atomic mass is 19.1. The lowest BCUT2D eigenvalue weighted by Crippen LogP contribution is -2.39. The number of halogens is 1. The van der Waals surface area contributed by atoms with Gasteiger partial charge >= 0.3 is 0 Å². The van der Waals surface area contributed by atoms with Gasteiger partial charge in [0.05, 0.1) is 5.92 Å². The van der Waals surface area contributed by atoms with Gasteiger partial charge in [0.25, 0.3) is 5.91 Å². The van der Waals surface area contributed by atoms with Crippen molar-refractivity contribution < 1.29 is 13.6 Å². The van der Waals surface area contributed by atoms with E-state index in [2.05, 4.69) is 4.98 Å². The van der Waals surface area contributed by atoms with E-state index in [1.54, 1.807) is 11.0 Å².